The van der Waals surface area contributed by atoms with E-state index in [0.717, 1.165) is 35.3 Å². The van der Waals surface area contributed by atoms with Gasteiger partial charge in [-0.15, -0.1) is 0 Å². The lowest BCUT2D eigenvalue weighted by molar-refractivity contribution is 1.14. The maximum Gasteiger partial charge on any atom is 0.0415 e. The summed E-state index contributed by atoms with van der Waals surface area (Å²) in [4.78, 5) is 4.34. The number of benzene rings is 1. The number of nitrogens with two attached hydrogens (primary N) is 1. The van der Waals surface area contributed by atoms with E-state index in [2.05, 4.69) is 50.1 Å². The number of allylic oxidation sites excluding steroid dienone is 5. The van der Waals surface area contributed by atoms with Crippen LogP contribution >= 0.6 is 0 Å². The summed E-state index contributed by atoms with van der Waals surface area (Å²) in [6.07, 6.45) is 11.4. The van der Waals surface area contributed by atoms with Crippen LogP contribution in [-0.4, -0.2) is 12.8 Å². The molecular weight excluding hydrogens is 268 g/mol. The third-order valence-corrected chi connectivity index (χ3v) is 3.53. The van der Waals surface area contributed by atoms with Gasteiger partial charge < -0.3 is 5.73 Å². The second-order valence-corrected chi connectivity index (χ2v) is 5.19. The minimum absolute atomic E-state index is 0.759. The highest BCUT2D eigenvalue weighted by molar-refractivity contribution is 5.94. The summed E-state index contributed by atoms with van der Waals surface area (Å²) in [5.74, 6) is 0. The molecule has 22 heavy (non-hydrogen) atoms. The van der Waals surface area contributed by atoms with Crippen LogP contribution in [0.4, 0.5) is 5.69 Å². The molecule has 0 bridgehead atoms. The third kappa shape index (κ3) is 4.45. The van der Waals surface area contributed by atoms with Crippen molar-refractivity contribution in [1.29, 1.82) is 0 Å². The van der Waals surface area contributed by atoms with Gasteiger partial charge in [0.25, 0.3) is 0 Å². The minimum Gasteiger partial charge on any atom is -0.398 e. The molecule has 0 spiro atoms. The quantitative estimate of drug-likeness (QED) is 0.420. The summed E-state index contributed by atoms with van der Waals surface area (Å²) >= 11 is 0. The average Bonchev–Trinajstić information content (AvgIpc) is 2.48. The van der Waals surface area contributed by atoms with E-state index in [1.807, 2.05) is 32.2 Å². The van der Waals surface area contributed by atoms with E-state index in [-0.39, 0.29) is 0 Å². The Bertz CT molecular complexity index is 617. The van der Waals surface area contributed by atoms with Crippen molar-refractivity contribution in [2.24, 2.45) is 4.99 Å². The van der Waals surface area contributed by atoms with Crippen molar-refractivity contribution < 1.29 is 0 Å². The molecule has 1 rings (SSSR count). The molecule has 0 fully saturated rings. The van der Waals surface area contributed by atoms with Crippen LogP contribution in [0.15, 0.2) is 40.9 Å². The Morgan fingerprint density at radius 3 is 2.50 bits per heavy atom. The Morgan fingerprint density at radius 1 is 1.23 bits per heavy atom. The normalized spacial score (nSPS) is 13.5. The molecule has 1 aromatic rings. The number of hydrogen-bond donors (Lipinski definition) is 1. The standard InChI is InChI=1S/C20H28N2/c1-6-10-15(5)18(8-3)17-12-16(11-7-2)19(14-22-9-4)20(21)13-17/h7-8,10-14H,6,9,21H2,1-5H3/b11-7+,15-10-,18-8+,22-14-. The zero-order valence-corrected chi connectivity index (χ0v) is 14.5. The maximum atomic E-state index is 6.29. The lowest BCUT2D eigenvalue weighted by Gasteiger charge is -2.13. The summed E-state index contributed by atoms with van der Waals surface area (Å²) in [6.45, 7) is 11.2. The summed E-state index contributed by atoms with van der Waals surface area (Å²) < 4.78 is 0. The van der Waals surface area contributed by atoms with Crippen LogP contribution in [0.25, 0.3) is 11.6 Å². The topological polar surface area (TPSA) is 38.4 Å². The first-order valence-corrected chi connectivity index (χ1v) is 7.98. The second kappa shape index (κ2) is 9.04. The van der Waals surface area contributed by atoms with Crippen LogP contribution < -0.4 is 5.73 Å². The van der Waals surface area contributed by atoms with E-state index in [9.17, 15) is 0 Å². The van der Waals surface area contributed by atoms with Gasteiger partial charge in [0.05, 0.1) is 0 Å². The Labute approximate surface area is 135 Å². The second-order valence-electron chi connectivity index (χ2n) is 5.19. The van der Waals surface area contributed by atoms with Gasteiger partial charge in [0.2, 0.25) is 0 Å². The van der Waals surface area contributed by atoms with Crippen molar-refractivity contribution in [1.82, 2.24) is 0 Å². The monoisotopic (exact) mass is 296 g/mol. The number of nitrogen functional groups attached to an aromatic ring is 1. The molecule has 0 heterocycles. The van der Waals surface area contributed by atoms with Gasteiger partial charge in [0.1, 0.15) is 0 Å². The van der Waals surface area contributed by atoms with E-state index in [0.29, 0.717) is 0 Å². The fourth-order valence-electron chi connectivity index (χ4n) is 2.54. The van der Waals surface area contributed by atoms with Gasteiger partial charge in [-0.2, -0.15) is 0 Å². The number of hydrogen-bond acceptors (Lipinski definition) is 2. The summed E-state index contributed by atoms with van der Waals surface area (Å²) in [7, 11) is 0. The molecule has 1 aromatic carbocycles. The number of rotatable bonds is 6. The Morgan fingerprint density at radius 2 is 1.95 bits per heavy atom. The smallest absolute Gasteiger partial charge is 0.0415 e. The lowest BCUT2D eigenvalue weighted by atomic mass is 9.93. The molecule has 2 heteroatoms. The first kappa shape index (κ1) is 18.0. The highest BCUT2D eigenvalue weighted by Crippen LogP contribution is 2.29. The van der Waals surface area contributed by atoms with Crippen LogP contribution in [0.3, 0.4) is 0 Å². The zero-order valence-electron chi connectivity index (χ0n) is 14.5. The maximum absolute atomic E-state index is 6.29. The molecule has 0 amide bonds. The van der Waals surface area contributed by atoms with Crippen molar-refractivity contribution in [2.75, 3.05) is 12.3 Å². The highest BCUT2D eigenvalue weighted by atomic mass is 14.7. The Hall–Kier alpha value is -2.09. The van der Waals surface area contributed by atoms with Crippen LogP contribution in [-0.2, 0) is 0 Å². The van der Waals surface area contributed by atoms with E-state index in [1.54, 1.807) is 0 Å². The van der Waals surface area contributed by atoms with E-state index in [1.165, 1.54) is 11.1 Å². The van der Waals surface area contributed by atoms with Gasteiger partial charge >= 0.3 is 0 Å². The van der Waals surface area contributed by atoms with Gasteiger partial charge in [-0.05, 0) is 68.5 Å². The number of anilines is 1. The third-order valence-electron chi connectivity index (χ3n) is 3.53. The molecule has 0 aromatic heterocycles. The van der Waals surface area contributed by atoms with Crippen molar-refractivity contribution in [3.8, 4) is 0 Å². The fourth-order valence-corrected chi connectivity index (χ4v) is 2.54. The predicted octanol–water partition coefficient (Wildman–Crippen LogP) is 5.50. The highest BCUT2D eigenvalue weighted by Gasteiger charge is 2.09. The van der Waals surface area contributed by atoms with E-state index in [4.69, 9.17) is 5.73 Å². The molecule has 2 N–H and O–H groups in total. The molecule has 0 aliphatic rings. The van der Waals surface area contributed by atoms with Gasteiger partial charge in [0, 0.05) is 24.0 Å². The van der Waals surface area contributed by atoms with E-state index < -0.39 is 0 Å². The number of aliphatic imine (C=N–C) groups is 1. The van der Waals surface area contributed by atoms with Crippen LogP contribution in [0.5, 0.6) is 0 Å². The summed E-state index contributed by atoms with van der Waals surface area (Å²) in [5.41, 5.74) is 12.8. The predicted molar refractivity (Wildman–Crippen MR) is 101 cm³/mol. The largest absolute Gasteiger partial charge is 0.398 e. The molecule has 0 unspecified atom stereocenters. The fraction of sp³-hybridized carbons (Fsp3) is 0.350. The Kier molecular flexibility index (Phi) is 7.38. The molecule has 0 radical (unpaired) electrons. The SMILES string of the molecule is C/C=C/c1cc(C(=C/C)/C(C)=C\CC)cc(N)c1/C=N\CC. The van der Waals surface area contributed by atoms with Crippen LogP contribution in [0.1, 0.15) is 57.7 Å². The van der Waals surface area contributed by atoms with Crippen molar-refractivity contribution in [3.05, 3.63) is 52.6 Å². The molecule has 0 aliphatic heterocycles. The van der Waals surface area contributed by atoms with Crippen molar-refractivity contribution in [2.45, 2.75) is 41.0 Å². The lowest BCUT2D eigenvalue weighted by Crippen LogP contribution is -2.00. The Balaban J connectivity index is 3.47. The van der Waals surface area contributed by atoms with Gasteiger partial charge in [-0.1, -0.05) is 31.2 Å². The molecular formula is C20H28N2. The zero-order chi connectivity index (χ0) is 16.5. The van der Waals surface area contributed by atoms with E-state index >= 15 is 0 Å². The first-order valence-electron chi connectivity index (χ1n) is 7.98. The minimum atomic E-state index is 0.759. The number of nitrogens with zero attached hydrogens (tertiary/aromatic N) is 1. The molecule has 0 aliphatic carbocycles. The molecule has 118 valence electrons. The average molecular weight is 296 g/mol. The van der Waals surface area contributed by atoms with Gasteiger partial charge in [-0.3, -0.25) is 4.99 Å². The molecule has 0 atom stereocenters. The molecule has 0 saturated heterocycles. The van der Waals surface area contributed by atoms with Gasteiger partial charge in [-0.25, -0.2) is 0 Å². The summed E-state index contributed by atoms with van der Waals surface area (Å²) in [5, 5.41) is 0. The van der Waals surface area contributed by atoms with Crippen LogP contribution in [0.2, 0.25) is 0 Å². The molecule has 2 nitrogen and oxygen atoms in total. The van der Waals surface area contributed by atoms with Crippen LogP contribution in [0, 0.1) is 0 Å². The summed E-state index contributed by atoms with van der Waals surface area (Å²) in [6, 6.07) is 4.24. The van der Waals surface area contributed by atoms with Crippen molar-refractivity contribution in [3.63, 3.8) is 0 Å². The molecule has 0 saturated carbocycles. The first-order chi connectivity index (χ1) is 10.6. The van der Waals surface area contributed by atoms with Crippen molar-refractivity contribution >= 4 is 23.6 Å². The van der Waals surface area contributed by atoms with Gasteiger partial charge in [0.15, 0.2) is 0 Å².